The van der Waals surface area contributed by atoms with Crippen LogP contribution in [0, 0.1) is 0 Å². The number of hydrogen-bond acceptors (Lipinski definition) is 5. The van der Waals surface area contributed by atoms with Crippen LogP contribution in [0.4, 0.5) is 5.69 Å². The Morgan fingerprint density at radius 1 is 1.03 bits per heavy atom. The van der Waals surface area contributed by atoms with E-state index in [9.17, 15) is 0 Å². The number of piperidine rings is 1. The smallest absolute Gasteiger partial charge is 0.191 e. The number of aliphatic imine (C=N–C) groups is 1. The van der Waals surface area contributed by atoms with Crippen molar-refractivity contribution in [3.8, 4) is 11.5 Å². The summed E-state index contributed by atoms with van der Waals surface area (Å²) in [6, 6.07) is 6.50. The summed E-state index contributed by atoms with van der Waals surface area (Å²) in [4.78, 5) is 7.16. The van der Waals surface area contributed by atoms with E-state index in [0.29, 0.717) is 12.1 Å². The molecule has 174 valence electrons. The van der Waals surface area contributed by atoms with Crippen molar-refractivity contribution in [3.05, 3.63) is 18.2 Å². The van der Waals surface area contributed by atoms with E-state index in [1.54, 1.807) is 14.2 Å². The van der Waals surface area contributed by atoms with Crippen LogP contribution < -0.4 is 25.0 Å². The van der Waals surface area contributed by atoms with Crippen molar-refractivity contribution in [3.63, 3.8) is 0 Å². The lowest BCUT2D eigenvalue weighted by Gasteiger charge is -2.34. The van der Waals surface area contributed by atoms with Gasteiger partial charge in [0.2, 0.25) is 0 Å². The number of rotatable bonds is 10. The van der Waals surface area contributed by atoms with Gasteiger partial charge in [-0.1, -0.05) is 12.8 Å². The molecule has 1 aliphatic heterocycles. The van der Waals surface area contributed by atoms with E-state index in [-0.39, 0.29) is 0 Å². The molecule has 2 fully saturated rings. The number of hydrogen-bond donors (Lipinski definition) is 2. The summed E-state index contributed by atoms with van der Waals surface area (Å²) in [5.41, 5.74) is 1.15. The fourth-order valence-electron chi connectivity index (χ4n) is 4.33. The molecule has 0 amide bonds. The topological polar surface area (TPSA) is 67.4 Å². The highest BCUT2D eigenvalue weighted by atomic mass is 16.5. The Balaban J connectivity index is 1.44. The van der Waals surface area contributed by atoms with Crippen LogP contribution in [-0.2, 0) is 4.74 Å². The average Bonchev–Trinajstić information content (AvgIpc) is 3.32. The normalized spacial score (nSPS) is 18.3. The molecule has 0 spiro atoms. The number of nitrogens with one attached hydrogen (secondary N) is 2. The number of nitrogens with zero attached hydrogens (tertiary/aromatic N) is 2. The van der Waals surface area contributed by atoms with Crippen LogP contribution in [0.2, 0.25) is 0 Å². The van der Waals surface area contributed by atoms with Gasteiger partial charge in [0, 0.05) is 62.7 Å². The summed E-state index contributed by atoms with van der Waals surface area (Å²) in [7, 11) is 3.38. The highest BCUT2D eigenvalue weighted by molar-refractivity contribution is 5.80. The molecular weight excluding hydrogens is 392 g/mol. The molecule has 7 heteroatoms. The number of ether oxygens (including phenoxy) is 3. The quantitative estimate of drug-likeness (QED) is 0.335. The van der Waals surface area contributed by atoms with Gasteiger partial charge in [0.15, 0.2) is 5.96 Å². The number of benzene rings is 1. The van der Waals surface area contributed by atoms with Gasteiger partial charge in [0.1, 0.15) is 11.5 Å². The zero-order valence-corrected chi connectivity index (χ0v) is 19.5. The molecule has 3 rings (SSSR count). The fourth-order valence-corrected chi connectivity index (χ4v) is 4.33. The number of anilines is 1. The van der Waals surface area contributed by atoms with Gasteiger partial charge in [-0.15, -0.1) is 0 Å². The van der Waals surface area contributed by atoms with Crippen molar-refractivity contribution in [1.82, 2.24) is 10.6 Å². The highest BCUT2D eigenvalue weighted by Gasteiger charge is 2.21. The predicted octanol–water partition coefficient (Wildman–Crippen LogP) is 3.58. The van der Waals surface area contributed by atoms with Crippen molar-refractivity contribution in [2.75, 3.05) is 51.9 Å². The molecule has 1 saturated carbocycles. The first-order chi connectivity index (χ1) is 15.2. The van der Waals surface area contributed by atoms with E-state index in [4.69, 9.17) is 19.2 Å². The standard InChI is InChI=1S/C24H40N4O3/c1-4-25-24(26-12-7-15-31-21-8-5-6-9-21)27-19-10-13-28(14-11-19)20-16-22(29-2)18-23(17-20)30-3/h16-19,21H,4-15H2,1-3H3,(H2,25,26,27). The maximum absolute atomic E-state index is 5.95. The highest BCUT2D eigenvalue weighted by Crippen LogP contribution is 2.30. The molecule has 1 saturated heterocycles. The molecule has 0 atom stereocenters. The number of methoxy groups -OCH3 is 2. The van der Waals surface area contributed by atoms with E-state index in [1.165, 1.54) is 25.7 Å². The van der Waals surface area contributed by atoms with Gasteiger partial charge in [0.05, 0.1) is 20.3 Å². The van der Waals surface area contributed by atoms with Gasteiger partial charge >= 0.3 is 0 Å². The van der Waals surface area contributed by atoms with Gasteiger partial charge < -0.3 is 29.7 Å². The van der Waals surface area contributed by atoms with Crippen LogP contribution in [0.15, 0.2) is 23.2 Å². The van der Waals surface area contributed by atoms with Crippen LogP contribution >= 0.6 is 0 Å². The monoisotopic (exact) mass is 432 g/mol. The summed E-state index contributed by atoms with van der Waals surface area (Å²) in [5.74, 6) is 2.58. The molecule has 0 radical (unpaired) electrons. The second-order valence-corrected chi connectivity index (χ2v) is 8.37. The fraction of sp³-hybridized carbons (Fsp3) is 0.708. The van der Waals surface area contributed by atoms with E-state index in [2.05, 4.69) is 34.6 Å². The van der Waals surface area contributed by atoms with Crippen molar-refractivity contribution >= 4 is 11.6 Å². The molecule has 31 heavy (non-hydrogen) atoms. The van der Waals surface area contributed by atoms with Crippen LogP contribution in [0.5, 0.6) is 11.5 Å². The van der Waals surface area contributed by atoms with Crippen molar-refractivity contribution in [1.29, 1.82) is 0 Å². The Morgan fingerprint density at radius 3 is 2.32 bits per heavy atom. The molecule has 1 aromatic rings. The Morgan fingerprint density at radius 2 is 1.71 bits per heavy atom. The molecular formula is C24H40N4O3. The molecule has 1 aliphatic carbocycles. The van der Waals surface area contributed by atoms with Gasteiger partial charge in [-0.25, -0.2) is 0 Å². The molecule has 0 aromatic heterocycles. The van der Waals surface area contributed by atoms with Crippen molar-refractivity contribution in [2.45, 2.75) is 64.0 Å². The van der Waals surface area contributed by atoms with E-state index in [1.807, 2.05) is 6.07 Å². The van der Waals surface area contributed by atoms with Gasteiger partial charge in [0.25, 0.3) is 0 Å². The average molecular weight is 433 g/mol. The summed E-state index contributed by atoms with van der Waals surface area (Å²) in [6.45, 7) is 6.57. The van der Waals surface area contributed by atoms with Crippen LogP contribution in [0.1, 0.15) is 51.9 Å². The lowest BCUT2D eigenvalue weighted by molar-refractivity contribution is 0.0579. The molecule has 1 heterocycles. The minimum absolute atomic E-state index is 0.427. The molecule has 0 bridgehead atoms. The van der Waals surface area contributed by atoms with Gasteiger partial charge in [-0.2, -0.15) is 0 Å². The van der Waals surface area contributed by atoms with E-state index < -0.39 is 0 Å². The number of guanidine groups is 1. The third kappa shape index (κ3) is 7.49. The SMILES string of the molecule is CCNC(=NCCCOC1CCCC1)NC1CCN(c2cc(OC)cc(OC)c2)CC1. The minimum Gasteiger partial charge on any atom is -0.497 e. The second kappa shape index (κ2) is 12.6. The maximum Gasteiger partial charge on any atom is 0.191 e. The summed E-state index contributed by atoms with van der Waals surface area (Å²) < 4.78 is 16.8. The molecule has 0 unspecified atom stereocenters. The molecule has 7 nitrogen and oxygen atoms in total. The summed E-state index contributed by atoms with van der Waals surface area (Å²) in [6.07, 6.45) is 8.70. The zero-order chi connectivity index (χ0) is 21.9. The Hall–Kier alpha value is -2.15. The maximum atomic E-state index is 5.95. The summed E-state index contributed by atoms with van der Waals surface area (Å²) >= 11 is 0. The molecule has 2 aliphatic rings. The third-order valence-corrected chi connectivity index (χ3v) is 6.11. The molecule has 2 N–H and O–H groups in total. The lowest BCUT2D eigenvalue weighted by atomic mass is 10.0. The first-order valence-electron chi connectivity index (χ1n) is 11.9. The predicted molar refractivity (Wildman–Crippen MR) is 127 cm³/mol. The molecule has 1 aromatic carbocycles. The van der Waals surface area contributed by atoms with Crippen LogP contribution in [0.25, 0.3) is 0 Å². The van der Waals surface area contributed by atoms with Crippen molar-refractivity contribution < 1.29 is 14.2 Å². The van der Waals surface area contributed by atoms with Crippen molar-refractivity contribution in [2.24, 2.45) is 4.99 Å². The third-order valence-electron chi connectivity index (χ3n) is 6.11. The summed E-state index contributed by atoms with van der Waals surface area (Å²) in [5, 5.41) is 7.01. The van der Waals surface area contributed by atoms with Gasteiger partial charge in [-0.3, -0.25) is 4.99 Å². The zero-order valence-electron chi connectivity index (χ0n) is 19.5. The van der Waals surface area contributed by atoms with Gasteiger partial charge in [-0.05, 0) is 39.0 Å². The van der Waals surface area contributed by atoms with E-state index >= 15 is 0 Å². The largest absolute Gasteiger partial charge is 0.497 e. The first kappa shape index (κ1) is 23.5. The Labute approximate surface area is 187 Å². The van der Waals surface area contributed by atoms with E-state index in [0.717, 1.165) is 75.2 Å². The van der Waals surface area contributed by atoms with Crippen LogP contribution in [0.3, 0.4) is 0 Å². The van der Waals surface area contributed by atoms with Crippen LogP contribution in [-0.4, -0.2) is 65.1 Å². The Bertz CT molecular complexity index is 661. The second-order valence-electron chi connectivity index (χ2n) is 8.37. The Kier molecular flexibility index (Phi) is 9.59. The minimum atomic E-state index is 0.427. The lowest BCUT2D eigenvalue weighted by Crippen LogP contribution is -2.48. The first-order valence-corrected chi connectivity index (χ1v) is 11.9.